The SMILES string of the molecule is O=C1C(=O)N(c2ccccc2)C(c2ccc(OCc3ccccc3)cc2)/C1=C(/O)c1ccc2c(c1)CCCO2. The van der Waals surface area contributed by atoms with Crippen LogP contribution < -0.4 is 14.4 Å². The quantitative estimate of drug-likeness (QED) is 0.187. The molecule has 1 amide bonds. The molecule has 6 rings (SSSR count). The molecule has 2 aliphatic rings. The predicted molar refractivity (Wildman–Crippen MR) is 149 cm³/mol. The van der Waals surface area contributed by atoms with E-state index in [-0.39, 0.29) is 11.3 Å². The van der Waals surface area contributed by atoms with Crippen molar-refractivity contribution in [3.8, 4) is 11.5 Å². The van der Waals surface area contributed by atoms with Crippen LogP contribution in [0.1, 0.15) is 34.7 Å². The van der Waals surface area contributed by atoms with Crippen LogP contribution in [0.2, 0.25) is 0 Å². The first-order chi connectivity index (χ1) is 19.1. The van der Waals surface area contributed by atoms with Crippen molar-refractivity contribution in [3.63, 3.8) is 0 Å². The summed E-state index contributed by atoms with van der Waals surface area (Å²) < 4.78 is 11.6. The van der Waals surface area contributed by atoms with Gasteiger partial charge in [-0.15, -0.1) is 0 Å². The Morgan fingerprint density at radius 1 is 0.897 bits per heavy atom. The number of anilines is 1. The molecule has 1 N–H and O–H groups in total. The fraction of sp³-hybridized carbons (Fsp3) is 0.152. The molecular formula is C33H27NO5. The summed E-state index contributed by atoms with van der Waals surface area (Å²) in [6.45, 7) is 1.08. The Labute approximate surface area is 226 Å². The molecule has 1 saturated heterocycles. The van der Waals surface area contributed by atoms with Gasteiger partial charge in [0.05, 0.1) is 18.2 Å². The van der Waals surface area contributed by atoms with Gasteiger partial charge in [0.1, 0.15) is 23.9 Å². The summed E-state index contributed by atoms with van der Waals surface area (Å²) in [5.41, 5.74) is 3.82. The highest BCUT2D eigenvalue weighted by atomic mass is 16.5. The molecular weight excluding hydrogens is 490 g/mol. The lowest BCUT2D eigenvalue weighted by atomic mass is 9.94. The van der Waals surface area contributed by atoms with Crippen molar-refractivity contribution in [2.24, 2.45) is 0 Å². The van der Waals surface area contributed by atoms with Crippen molar-refractivity contribution in [2.45, 2.75) is 25.5 Å². The molecule has 0 radical (unpaired) electrons. The average molecular weight is 518 g/mol. The van der Waals surface area contributed by atoms with Crippen LogP contribution in [0, 0.1) is 0 Å². The van der Waals surface area contributed by atoms with Crippen LogP contribution in [-0.4, -0.2) is 23.4 Å². The van der Waals surface area contributed by atoms with E-state index in [2.05, 4.69) is 0 Å². The van der Waals surface area contributed by atoms with Crippen LogP contribution in [-0.2, 0) is 22.6 Å². The highest BCUT2D eigenvalue weighted by Gasteiger charge is 2.47. The Balaban J connectivity index is 1.39. The van der Waals surface area contributed by atoms with Gasteiger partial charge in [0.15, 0.2) is 0 Å². The fourth-order valence-electron chi connectivity index (χ4n) is 5.15. The molecule has 4 aromatic carbocycles. The van der Waals surface area contributed by atoms with Crippen molar-refractivity contribution in [1.29, 1.82) is 0 Å². The van der Waals surface area contributed by atoms with Gasteiger partial charge in [-0.1, -0.05) is 60.7 Å². The fourth-order valence-corrected chi connectivity index (χ4v) is 5.15. The van der Waals surface area contributed by atoms with E-state index in [1.54, 1.807) is 18.2 Å². The molecule has 39 heavy (non-hydrogen) atoms. The van der Waals surface area contributed by atoms with Crippen LogP contribution in [0.25, 0.3) is 5.76 Å². The van der Waals surface area contributed by atoms with Crippen LogP contribution in [0.5, 0.6) is 11.5 Å². The Morgan fingerprint density at radius 3 is 2.36 bits per heavy atom. The molecule has 0 saturated carbocycles. The molecule has 0 bridgehead atoms. The van der Waals surface area contributed by atoms with E-state index >= 15 is 0 Å². The zero-order valence-corrected chi connectivity index (χ0v) is 21.2. The second kappa shape index (κ2) is 10.5. The van der Waals surface area contributed by atoms with Crippen LogP contribution in [0.15, 0.2) is 109 Å². The van der Waals surface area contributed by atoms with Crippen LogP contribution >= 0.6 is 0 Å². The molecule has 2 aliphatic heterocycles. The van der Waals surface area contributed by atoms with Crippen molar-refractivity contribution >= 4 is 23.1 Å². The molecule has 6 nitrogen and oxygen atoms in total. The Kier molecular flexibility index (Phi) is 6.59. The molecule has 0 spiro atoms. The van der Waals surface area contributed by atoms with Gasteiger partial charge in [0.2, 0.25) is 0 Å². The number of Topliss-reactive ketones (excluding diaryl/α,β-unsaturated/α-hetero) is 1. The van der Waals surface area contributed by atoms with E-state index < -0.39 is 17.7 Å². The molecule has 4 aromatic rings. The van der Waals surface area contributed by atoms with Crippen molar-refractivity contribution < 1.29 is 24.2 Å². The third-order valence-electron chi connectivity index (χ3n) is 7.10. The van der Waals surface area contributed by atoms with Gasteiger partial charge in [-0.2, -0.15) is 0 Å². The van der Waals surface area contributed by atoms with Crippen molar-refractivity contribution in [3.05, 3.63) is 131 Å². The Hall–Kier alpha value is -4.84. The smallest absolute Gasteiger partial charge is 0.300 e. The minimum atomic E-state index is -0.803. The number of para-hydroxylation sites is 1. The first-order valence-corrected chi connectivity index (χ1v) is 13.0. The van der Waals surface area contributed by atoms with Gasteiger partial charge in [0.25, 0.3) is 11.7 Å². The summed E-state index contributed by atoms with van der Waals surface area (Å²) in [6, 6.07) is 30.8. The predicted octanol–water partition coefficient (Wildman–Crippen LogP) is 6.22. The lowest BCUT2D eigenvalue weighted by molar-refractivity contribution is -0.132. The maximum absolute atomic E-state index is 13.4. The number of aliphatic hydroxyl groups excluding tert-OH is 1. The first kappa shape index (κ1) is 24.5. The number of hydrogen-bond donors (Lipinski definition) is 1. The summed E-state index contributed by atoms with van der Waals surface area (Å²) in [7, 11) is 0. The van der Waals surface area contributed by atoms with Crippen LogP contribution in [0.3, 0.4) is 0 Å². The van der Waals surface area contributed by atoms with Gasteiger partial charge < -0.3 is 14.6 Å². The van der Waals surface area contributed by atoms with Crippen LogP contribution in [0.4, 0.5) is 5.69 Å². The Bertz CT molecular complexity index is 1540. The van der Waals surface area contributed by atoms with E-state index in [1.807, 2.05) is 84.9 Å². The number of carbonyl (C=O) groups excluding carboxylic acids is 2. The third-order valence-corrected chi connectivity index (χ3v) is 7.10. The number of hydrogen-bond acceptors (Lipinski definition) is 5. The van der Waals surface area contributed by atoms with Gasteiger partial charge in [-0.05, 0) is 72.0 Å². The molecule has 0 aliphatic carbocycles. The Morgan fingerprint density at radius 2 is 1.62 bits per heavy atom. The number of aryl methyl sites for hydroxylation is 1. The number of rotatable bonds is 6. The number of ketones is 1. The summed E-state index contributed by atoms with van der Waals surface area (Å²) in [4.78, 5) is 28.3. The van der Waals surface area contributed by atoms with Crippen molar-refractivity contribution in [2.75, 3.05) is 11.5 Å². The van der Waals surface area contributed by atoms with E-state index in [1.165, 1.54) is 4.90 Å². The summed E-state index contributed by atoms with van der Waals surface area (Å²) in [6.07, 6.45) is 1.71. The van der Waals surface area contributed by atoms with E-state index in [4.69, 9.17) is 9.47 Å². The van der Waals surface area contributed by atoms with Gasteiger partial charge >= 0.3 is 0 Å². The zero-order chi connectivity index (χ0) is 26.8. The minimum absolute atomic E-state index is 0.0542. The zero-order valence-electron chi connectivity index (χ0n) is 21.2. The second-order valence-corrected chi connectivity index (χ2v) is 9.62. The normalized spacial score (nSPS) is 17.9. The number of aliphatic hydroxyl groups is 1. The molecule has 1 atom stereocenters. The number of nitrogens with zero attached hydrogens (tertiary/aromatic N) is 1. The maximum atomic E-state index is 13.4. The largest absolute Gasteiger partial charge is 0.507 e. The number of amides is 1. The summed E-state index contributed by atoms with van der Waals surface area (Å²) >= 11 is 0. The van der Waals surface area contributed by atoms with E-state index in [0.717, 1.165) is 29.7 Å². The van der Waals surface area contributed by atoms with E-state index in [9.17, 15) is 14.7 Å². The minimum Gasteiger partial charge on any atom is -0.507 e. The van der Waals surface area contributed by atoms with Gasteiger partial charge in [0, 0.05) is 11.3 Å². The second-order valence-electron chi connectivity index (χ2n) is 9.62. The molecule has 6 heteroatoms. The molecule has 1 fully saturated rings. The molecule has 2 heterocycles. The van der Waals surface area contributed by atoms with Crippen molar-refractivity contribution in [1.82, 2.24) is 0 Å². The molecule has 194 valence electrons. The highest BCUT2D eigenvalue weighted by molar-refractivity contribution is 6.51. The third kappa shape index (κ3) is 4.77. The monoisotopic (exact) mass is 517 g/mol. The highest BCUT2D eigenvalue weighted by Crippen LogP contribution is 2.43. The lowest BCUT2D eigenvalue weighted by Crippen LogP contribution is -2.29. The number of ether oxygens (including phenoxy) is 2. The number of fused-ring (bicyclic) bond motifs is 1. The summed E-state index contributed by atoms with van der Waals surface area (Å²) in [5, 5.41) is 11.5. The first-order valence-electron chi connectivity index (χ1n) is 13.0. The average Bonchev–Trinajstić information content (AvgIpc) is 3.26. The standard InChI is InChI=1S/C33H27NO5/c35-31(25-15-18-28-24(20-25)10-7-19-38-28)29-30(34(33(37)32(29)36)26-11-5-2-6-12-26)23-13-16-27(17-14-23)39-21-22-8-3-1-4-9-22/h1-6,8-9,11-18,20,30,35H,7,10,19,21H2/b31-29-. The number of benzene rings is 4. The summed E-state index contributed by atoms with van der Waals surface area (Å²) in [5.74, 6) is -0.160. The molecule has 1 unspecified atom stereocenters. The number of carbonyl (C=O) groups is 2. The van der Waals surface area contributed by atoms with E-state index in [0.29, 0.717) is 35.8 Å². The van der Waals surface area contributed by atoms with Gasteiger partial charge in [-0.3, -0.25) is 14.5 Å². The topological polar surface area (TPSA) is 76.1 Å². The maximum Gasteiger partial charge on any atom is 0.300 e. The molecule has 0 aromatic heterocycles. The van der Waals surface area contributed by atoms with Gasteiger partial charge in [-0.25, -0.2) is 0 Å². The lowest BCUT2D eigenvalue weighted by Gasteiger charge is -2.25.